The van der Waals surface area contributed by atoms with E-state index in [0.29, 0.717) is 22.3 Å². The van der Waals surface area contributed by atoms with Gasteiger partial charge < -0.3 is 20.9 Å². The third-order valence-corrected chi connectivity index (χ3v) is 5.25. The fraction of sp³-hybridized carbons (Fsp3) is 0.381. The van der Waals surface area contributed by atoms with Crippen molar-refractivity contribution >= 4 is 34.4 Å². The van der Waals surface area contributed by atoms with Crippen LogP contribution in [0.25, 0.3) is 11.0 Å². The number of carbonyl (C=O) groups excluding carboxylic acids is 1. The Bertz CT molecular complexity index is 1040. The van der Waals surface area contributed by atoms with E-state index in [1.54, 1.807) is 36.5 Å². The minimum Gasteiger partial charge on any atom is -0.360 e. The summed E-state index contributed by atoms with van der Waals surface area (Å²) in [5.41, 5.74) is 1.23. The van der Waals surface area contributed by atoms with Gasteiger partial charge in [0.05, 0.1) is 5.39 Å². The lowest BCUT2D eigenvalue weighted by Crippen LogP contribution is -2.44. The number of alkyl halides is 3. The van der Waals surface area contributed by atoms with Crippen LogP contribution < -0.4 is 16.0 Å². The third-order valence-electron chi connectivity index (χ3n) is 5.25. The van der Waals surface area contributed by atoms with Crippen LogP contribution in [0.5, 0.6) is 0 Å². The number of hydrogen-bond acceptors (Lipinski definition) is 5. The first kappa shape index (κ1) is 22.4. The van der Waals surface area contributed by atoms with Gasteiger partial charge in [-0.25, -0.2) is 0 Å². The maximum Gasteiger partial charge on any atom is 0.405 e. The monoisotopic (exact) mass is 434 g/mol. The fourth-order valence-electron chi connectivity index (χ4n) is 2.92. The SMILES string of the molecule is CCC(C)(CC)NC(=O)c1ccc(Nc2nc(NCC(F)(F)F)c3cc[nH]c3n2)cc1. The summed E-state index contributed by atoms with van der Waals surface area (Å²) in [6.45, 7) is 4.84. The van der Waals surface area contributed by atoms with Gasteiger partial charge >= 0.3 is 6.18 Å². The molecule has 0 spiro atoms. The number of fused-ring (bicyclic) bond motifs is 1. The molecule has 2 heterocycles. The van der Waals surface area contributed by atoms with Crippen molar-refractivity contribution in [2.24, 2.45) is 0 Å². The van der Waals surface area contributed by atoms with Crippen LogP contribution in [0, 0.1) is 0 Å². The molecular formula is C21H25F3N6O. The summed E-state index contributed by atoms with van der Waals surface area (Å²) in [4.78, 5) is 23.8. The molecule has 1 aromatic carbocycles. The molecule has 0 bridgehead atoms. The average Bonchev–Trinajstić information content (AvgIpc) is 3.20. The standard InChI is InChI=1S/C21H25F3N6O/c1-4-20(3,5-2)30-18(31)13-6-8-14(9-7-13)27-19-28-16-15(10-11-25-16)17(29-19)26-12-21(22,23)24/h6-11H,4-5,12H2,1-3H3,(H,30,31)(H3,25,26,27,28,29). The van der Waals surface area contributed by atoms with Crippen molar-refractivity contribution in [3.63, 3.8) is 0 Å². The zero-order valence-corrected chi connectivity index (χ0v) is 17.5. The van der Waals surface area contributed by atoms with Gasteiger partial charge in [-0.15, -0.1) is 0 Å². The highest BCUT2D eigenvalue weighted by molar-refractivity contribution is 5.95. The van der Waals surface area contributed by atoms with Crippen molar-refractivity contribution in [3.8, 4) is 0 Å². The molecule has 7 nitrogen and oxygen atoms in total. The Labute approximate surface area is 177 Å². The normalized spacial score (nSPS) is 12.1. The van der Waals surface area contributed by atoms with Crippen molar-refractivity contribution in [3.05, 3.63) is 42.1 Å². The molecule has 3 rings (SSSR count). The Morgan fingerprint density at radius 3 is 2.35 bits per heavy atom. The van der Waals surface area contributed by atoms with Gasteiger partial charge in [0.2, 0.25) is 5.95 Å². The molecule has 0 aliphatic heterocycles. The summed E-state index contributed by atoms with van der Waals surface area (Å²) < 4.78 is 37.8. The highest BCUT2D eigenvalue weighted by atomic mass is 19.4. The zero-order chi connectivity index (χ0) is 22.6. The van der Waals surface area contributed by atoms with Gasteiger partial charge in [-0.1, -0.05) is 13.8 Å². The highest BCUT2D eigenvalue weighted by Crippen LogP contribution is 2.25. The van der Waals surface area contributed by atoms with Crippen molar-refractivity contribution in [1.82, 2.24) is 20.3 Å². The van der Waals surface area contributed by atoms with Crippen molar-refractivity contribution in [2.75, 3.05) is 17.2 Å². The predicted octanol–water partition coefficient (Wildman–Crippen LogP) is 4.98. The van der Waals surface area contributed by atoms with Gasteiger partial charge in [0, 0.05) is 23.0 Å². The predicted molar refractivity (Wildman–Crippen MR) is 115 cm³/mol. The lowest BCUT2D eigenvalue weighted by atomic mass is 9.95. The van der Waals surface area contributed by atoms with E-state index in [4.69, 9.17) is 0 Å². The molecule has 166 valence electrons. The lowest BCUT2D eigenvalue weighted by Gasteiger charge is -2.28. The van der Waals surface area contributed by atoms with Gasteiger partial charge in [0.15, 0.2) is 0 Å². The number of halogens is 3. The molecule has 31 heavy (non-hydrogen) atoms. The molecule has 0 aliphatic rings. The van der Waals surface area contributed by atoms with E-state index >= 15 is 0 Å². The maximum absolute atomic E-state index is 12.6. The van der Waals surface area contributed by atoms with Gasteiger partial charge in [0.1, 0.15) is 18.0 Å². The number of aromatic amines is 1. The number of nitrogens with zero attached hydrogens (tertiary/aromatic N) is 2. The largest absolute Gasteiger partial charge is 0.405 e. The molecular weight excluding hydrogens is 409 g/mol. The number of aromatic nitrogens is 3. The molecule has 4 N–H and O–H groups in total. The van der Waals surface area contributed by atoms with Crippen LogP contribution in [0.2, 0.25) is 0 Å². The molecule has 3 aromatic rings. The summed E-state index contributed by atoms with van der Waals surface area (Å²) in [5, 5.41) is 8.77. The number of rotatable bonds is 8. The maximum atomic E-state index is 12.6. The first-order chi connectivity index (χ1) is 14.6. The van der Waals surface area contributed by atoms with Crippen LogP contribution in [-0.4, -0.2) is 39.1 Å². The van der Waals surface area contributed by atoms with Crippen LogP contribution in [0.4, 0.5) is 30.6 Å². The van der Waals surface area contributed by atoms with Crippen LogP contribution in [0.1, 0.15) is 44.0 Å². The highest BCUT2D eigenvalue weighted by Gasteiger charge is 2.27. The molecule has 0 fully saturated rings. The fourth-order valence-corrected chi connectivity index (χ4v) is 2.92. The smallest absolute Gasteiger partial charge is 0.360 e. The summed E-state index contributed by atoms with van der Waals surface area (Å²) in [6, 6.07) is 8.31. The molecule has 2 aromatic heterocycles. The Balaban J connectivity index is 1.76. The first-order valence-electron chi connectivity index (χ1n) is 9.98. The second-order valence-corrected chi connectivity index (χ2v) is 7.53. The van der Waals surface area contributed by atoms with E-state index in [2.05, 4.69) is 30.9 Å². The number of benzene rings is 1. The quantitative estimate of drug-likeness (QED) is 0.401. The molecule has 0 radical (unpaired) electrons. The van der Waals surface area contributed by atoms with Crippen LogP contribution in [-0.2, 0) is 0 Å². The second-order valence-electron chi connectivity index (χ2n) is 7.53. The van der Waals surface area contributed by atoms with Crippen LogP contribution in [0.3, 0.4) is 0 Å². The van der Waals surface area contributed by atoms with Crippen molar-refractivity contribution in [1.29, 1.82) is 0 Å². The lowest BCUT2D eigenvalue weighted by molar-refractivity contribution is -0.115. The molecule has 0 atom stereocenters. The van der Waals surface area contributed by atoms with E-state index in [1.165, 1.54) is 0 Å². The molecule has 10 heteroatoms. The van der Waals surface area contributed by atoms with Crippen LogP contribution >= 0.6 is 0 Å². The average molecular weight is 434 g/mol. The number of hydrogen-bond donors (Lipinski definition) is 4. The first-order valence-corrected chi connectivity index (χ1v) is 9.98. The van der Waals surface area contributed by atoms with Crippen LogP contribution in [0.15, 0.2) is 36.5 Å². The zero-order valence-electron chi connectivity index (χ0n) is 17.5. The summed E-state index contributed by atoms with van der Waals surface area (Å²) in [7, 11) is 0. The number of H-pyrrole nitrogens is 1. The Morgan fingerprint density at radius 2 is 1.74 bits per heavy atom. The van der Waals surface area contributed by atoms with Gasteiger partial charge in [-0.2, -0.15) is 23.1 Å². The Hall–Kier alpha value is -3.30. The third kappa shape index (κ3) is 5.65. The van der Waals surface area contributed by atoms with Gasteiger partial charge in [-0.05, 0) is 50.1 Å². The molecule has 0 saturated carbocycles. The van der Waals surface area contributed by atoms with E-state index in [0.717, 1.165) is 12.8 Å². The molecule has 0 aliphatic carbocycles. The summed E-state index contributed by atoms with van der Waals surface area (Å²) in [6.07, 6.45) is -1.16. The summed E-state index contributed by atoms with van der Waals surface area (Å²) in [5.74, 6) is 0.0299. The molecule has 1 amide bonds. The number of anilines is 3. The van der Waals surface area contributed by atoms with Gasteiger partial charge in [0.25, 0.3) is 5.91 Å². The number of carbonyl (C=O) groups is 1. The van der Waals surface area contributed by atoms with Gasteiger partial charge in [-0.3, -0.25) is 4.79 Å². The summed E-state index contributed by atoms with van der Waals surface area (Å²) >= 11 is 0. The second kappa shape index (κ2) is 8.83. The van der Waals surface area contributed by atoms with Crippen molar-refractivity contribution < 1.29 is 18.0 Å². The Morgan fingerprint density at radius 1 is 1.06 bits per heavy atom. The number of nitrogens with one attached hydrogen (secondary N) is 4. The Kier molecular flexibility index (Phi) is 6.37. The molecule has 0 saturated heterocycles. The van der Waals surface area contributed by atoms with E-state index in [1.807, 2.05) is 20.8 Å². The van der Waals surface area contributed by atoms with E-state index < -0.39 is 12.7 Å². The van der Waals surface area contributed by atoms with E-state index in [-0.39, 0.29) is 23.2 Å². The topological polar surface area (TPSA) is 94.7 Å². The van der Waals surface area contributed by atoms with Crippen molar-refractivity contribution in [2.45, 2.75) is 45.3 Å². The molecule has 0 unspecified atom stereocenters. The van der Waals surface area contributed by atoms with E-state index in [9.17, 15) is 18.0 Å². The minimum atomic E-state index is -4.37. The number of amides is 1. The minimum absolute atomic E-state index is 0.0699.